The van der Waals surface area contributed by atoms with E-state index in [1.165, 1.54) is 0 Å². The maximum atomic E-state index is 13.6. The van der Waals surface area contributed by atoms with Gasteiger partial charge in [0.15, 0.2) is 23.0 Å². The van der Waals surface area contributed by atoms with Crippen LogP contribution in [0, 0.1) is 13.8 Å². The van der Waals surface area contributed by atoms with Gasteiger partial charge in [-0.2, -0.15) is 0 Å². The highest BCUT2D eigenvalue weighted by atomic mass is 32.1. The normalized spacial score (nSPS) is 12.7. The van der Waals surface area contributed by atoms with Crippen molar-refractivity contribution in [2.45, 2.75) is 26.9 Å². The molecule has 0 saturated heterocycles. The molecule has 0 bridgehead atoms. The van der Waals surface area contributed by atoms with Crippen LogP contribution < -0.4 is 14.4 Å². The molecule has 0 aliphatic carbocycles. The molecule has 0 N–H and O–H groups in total. The van der Waals surface area contributed by atoms with Crippen molar-refractivity contribution in [3.05, 3.63) is 69.5 Å². The summed E-state index contributed by atoms with van der Waals surface area (Å²) < 4.78 is 18.3. The van der Waals surface area contributed by atoms with Gasteiger partial charge in [-0.1, -0.05) is 16.4 Å². The number of hydrogen-bond acceptors (Lipinski definition) is 8. The van der Waals surface area contributed by atoms with E-state index in [1.807, 2.05) is 55.6 Å². The Labute approximate surface area is 188 Å². The van der Waals surface area contributed by atoms with Crippen molar-refractivity contribution in [3.8, 4) is 11.5 Å². The summed E-state index contributed by atoms with van der Waals surface area (Å²) in [6.45, 7) is 5.42. The van der Waals surface area contributed by atoms with Gasteiger partial charge in [-0.25, -0.2) is 4.68 Å². The molecule has 32 heavy (non-hydrogen) atoms. The number of carbonyl (C=O) groups excluding carboxylic acids is 1. The number of anilines is 1. The lowest BCUT2D eigenvalue weighted by molar-refractivity contribution is 0.0979. The van der Waals surface area contributed by atoms with E-state index < -0.39 is 0 Å². The fourth-order valence-corrected chi connectivity index (χ4v) is 4.21. The summed E-state index contributed by atoms with van der Waals surface area (Å²) in [6.07, 6.45) is 0. The second kappa shape index (κ2) is 8.46. The summed E-state index contributed by atoms with van der Waals surface area (Å²) in [6, 6.07) is 11.3. The molecule has 1 aliphatic heterocycles. The average Bonchev–Trinajstić information content (AvgIpc) is 3.54. The van der Waals surface area contributed by atoms with Crippen LogP contribution in [0.25, 0.3) is 0 Å². The molecule has 3 aromatic heterocycles. The summed E-state index contributed by atoms with van der Waals surface area (Å²) in [5, 5.41) is 14.2. The summed E-state index contributed by atoms with van der Waals surface area (Å²) in [5.74, 6) is 1.70. The Bertz CT molecular complexity index is 1250. The number of aromatic nitrogens is 4. The molecule has 1 amide bonds. The average molecular weight is 452 g/mol. The molecule has 10 heteroatoms. The Hall–Kier alpha value is -3.66. The van der Waals surface area contributed by atoms with Gasteiger partial charge in [0, 0.05) is 22.7 Å². The van der Waals surface area contributed by atoms with Crippen LogP contribution in [-0.4, -0.2) is 39.3 Å². The molecule has 0 spiro atoms. The number of benzene rings is 1. The lowest BCUT2D eigenvalue weighted by Gasteiger charge is -2.24. The van der Waals surface area contributed by atoms with Crippen LogP contribution in [-0.2, 0) is 13.1 Å². The first kappa shape index (κ1) is 20.3. The molecular formula is C22H21N5O4S. The lowest BCUT2D eigenvalue weighted by Crippen LogP contribution is -2.31. The molecule has 1 aromatic carbocycles. The highest BCUT2D eigenvalue weighted by Gasteiger charge is 2.26. The first-order valence-electron chi connectivity index (χ1n) is 10.1. The third-order valence-electron chi connectivity index (χ3n) is 5.14. The van der Waals surface area contributed by atoms with Gasteiger partial charge in [-0.3, -0.25) is 4.79 Å². The first-order chi connectivity index (χ1) is 15.6. The molecule has 0 radical (unpaired) electrons. The quantitative estimate of drug-likeness (QED) is 0.442. The summed E-state index contributed by atoms with van der Waals surface area (Å²) in [7, 11) is 0. The number of hydrogen-bond donors (Lipinski definition) is 0. The molecule has 4 heterocycles. The van der Waals surface area contributed by atoms with Crippen LogP contribution in [0.15, 0.2) is 46.3 Å². The van der Waals surface area contributed by atoms with Gasteiger partial charge < -0.3 is 18.9 Å². The van der Waals surface area contributed by atoms with Crippen LogP contribution in [0.5, 0.6) is 11.5 Å². The van der Waals surface area contributed by atoms with Gasteiger partial charge in [0.05, 0.1) is 17.9 Å². The minimum absolute atomic E-state index is 0.243. The topological polar surface area (TPSA) is 95.5 Å². The molecule has 5 rings (SSSR count). The maximum absolute atomic E-state index is 13.6. The molecule has 164 valence electrons. The second-order valence-corrected chi connectivity index (χ2v) is 8.45. The number of nitrogens with zero attached hydrogens (tertiary/aromatic N) is 5. The number of fused-ring (bicyclic) bond motifs is 1. The van der Waals surface area contributed by atoms with Crippen molar-refractivity contribution in [1.82, 2.24) is 20.2 Å². The molecule has 0 atom stereocenters. The van der Waals surface area contributed by atoms with Crippen LogP contribution in [0.1, 0.15) is 32.5 Å². The number of rotatable bonds is 6. The number of aryl methyl sites for hydroxylation is 1. The summed E-state index contributed by atoms with van der Waals surface area (Å²) in [5.41, 5.74) is 2.42. The Morgan fingerprint density at radius 1 is 1.16 bits per heavy atom. The van der Waals surface area contributed by atoms with Gasteiger partial charge in [0.25, 0.3) is 5.91 Å². The fraction of sp³-hybridized carbons (Fsp3) is 0.273. The van der Waals surface area contributed by atoms with Crippen molar-refractivity contribution in [2.24, 2.45) is 0 Å². The van der Waals surface area contributed by atoms with Crippen LogP contribution in [0.4, 0.5) is 5.69 Å². The molecule has 1 aliphatic rings. The predicted molar refractivity (Wildman–Crippen MR) is 117 cm³/mol. The highest BCUT2D eigenvalue weighted by molar-refractivity contribution is 7.09. The van der Waals surface area contributed by atoms with E-state index >= 15 is 0 Å². The molecule has 0 saturated carbocycles. The first-order valence-corrected chi connectivity index (χ1v) is 11.0. The third kappa shape index (κ3) is 3.96. The Kier molecular flexibility index (Phi) is 5.36. The second-order valence-electron chi connectivity index (χ2n) is 7.41. The Morgan fingerprint density at radius 3 is 2.75 bits per heavy atom. The molecule has 0 unspecified atom stereocenters. The number of ether oxygens (including phenoxy) is 2. The molecule has 9 nitrogen and oxygen atoms in total. The molecule has 4 aromatic rings. The van der Waals surface area contributed by atoms with E-state index in [4.69, 9.17) is 14.0 Å². The van der Waals surface area contributed by atoms with Crippen molar-refractivity contribution in [3.63, 3.8) is 0 Å². The van der Waals surface area contributed by atoms with Crippen LogP contribution in [0.3, 0.4) is 0 Å². The Balaban J connectivity index is 1.47. The minimum atomic E-state index is -0.243. The van der Waals surface area contributed by atoms with Crippen molar-refractivity contribution in [1.29, 1.82) is 0 Å². The fourth-order valence-electron chi connectivity index (χ4n) is 3.51. The number of amides is 1. The molecule has 0 fully saturated rings. The predicted octanol–water partition coefficient (Wildman–Crippen LogP) is 3.61. The van der Waals surface area contributed by atoms with E-state index in [-0.39, 0.29) is 11.6 Å². The zero-order chi connectivity index (χ0) is 22.1. The van der Waals surface area contributed by atoms with Crippen molar-refractivity contribution >= 4 is 22.9 Å². The maximum Gasteiger partial charge on any atom is 0.281 e. The monoisotopic (exact) mass is 451 g/mol. The number of carbonyl (C=O) groups is 1. The van der Waals surface area contributed by atoms with Crippen molar-refractivity contribution in [2.75, 3.05) is 18.1 Å². The standard InChI is InChI=1S/C22H21N5O4S/c1-14-10-17(31-24-14)12-27-15(2)21(23-25-27)22(28)26(13-18-4-3-9-32-18)16-5-6-19-20(11-16)30-8-7-29-19/h3-6,9-11H,7-8,12-13H2,1-2H3. The highest BCUT2D eigenvalue weighted by Crippen LogP contribution is 2.35. The van der Waals surface area contributed by atoms with Crippen LogP contribution >= 0.6 is 11.3 Å². The van der Waals surface area contributed by atoms with Crippen LogP contribution in [0.2, 0.25) is 0 Å². The van der Waals surface area contributed by atoms with Gasteiger partial charge in [-0.15, -0.1) is 16.4 Å². The van der Waals surface area contributed by atoms with E-state index in [0.717, 1.165) is 10.6 Å². The summed E-state index contributed by atoms with van der Waals surface area (Å²) >= 11 is 1.59. The smallest absolute Gasteiger partial charge is 0.281 e. The van der Waals surface area contributed by atoms with E-state index in [9.17, 15) is 4.79 Å². The lowest BCUT2D eigenvalue weighted by atomic mass is 10.2. The number of thiophene rings is 1. The van der Waals surface area contributed by atoms with Gasteiger partial charge in [-0.05, 0) is 37.4 Å². The van der Waals surface area contributed by atoms with Gasteiger partial charge in [0.1, 0.15) is 19.8 Å². The van der Waals surface area contributed by atoms with E-state index in [2.05, 4.69) is 15.5 Å². The third-order valence-corrected chi connectivity index (χ3v) is 6.01. The van der Waals surface area contributed by atoms with Gasteiger partial charge >= 0.3 is 0 Å². The largest absolute Gasteiger partial charge is 0.486 e. The SMILES string of the molecule is Cc1cc(Cn2nnc(C(=O)N(Cc3cccs3)c3ccc4c(c3)OCCO4)c2C)on1. The zero-order valence-electron chi connectivity index (χ0n) is 17.6. The van der Waals surface area contributed by atoms with Gasteiger partial charge in [0.2, 0.25) is 0 Å². The van der Waals surface area contributed by atoms with E-state index in [1.54, 1.807) is 20.9 Å². The minimum Gasteiger partial charge on any atom is -0.486 e. The molecular weight excluding hydrogens is 430 g/mol. The zero-order valence-corrected chi connectivity index (χ0v) is 18.5. The van der Waals surface area contributed by atoms with Crippen molar-refractivity contribution < 1.29 is 18.8 Å². The summed E-state index contributed by atoms with van der Waals surface area (Å²) in [4.78, 5) is 16.4. The Morgan fingerprint density at radius 2 is 2.00 bits per heavy atom. The van der Waals surface area contributed by atoms with E-state index in [0.29, 0.717) is 54.9 Å².